The molecule has 0 aliphatic carbocycles. The van der Waals surface area contributed by atoms with Gasteiger partial charge in [0.1, 0.15) is 12.4 Å². The highest BCUT2D eigenvalue weighted by Gasteiger charge is 1.99. The van der Waals surface area contributed by atoms with E-state index in [0.29, 0.717) is 18.1 Å². The Bertz CT molecular complexity index is 571. The molecule has 0 aliphatic heterocycles. The molecule has 1 heterocycles. The molecular weight excluding hydrogens is 232 g/mol. The van der Waals surface area contributed by atoms with Gasteiger partial charge in [-0.15, -0.1) is 0 Å². The molecule has 2 aromatic rings. The van der Waals surface area contributed by atoms with E-state index in [4.69, 9.17) is 11.5 Å². The SMILES string of the molecule is NC(=O)OCCNc1ccc2cc(N)ccc2n1. The summed E-state index contributed by atoms with van der Waals surface area (Å²) in [5, 5.41) is 4.01. The number of ether oxygens (including phenoxy) is 1. The zero-order chi connectivity index (χ0) is 13.0. The van der Waals surface area contributed by atoms with Gasteiger partial charge >= 0.3 is 6.09 Å². The summed E-state index contributed by atoms with van der Waals surface area (Å²) in [7, 11) is 0. The zero-order valence-electron chi connectivity index (χ0n) is 9.72. The average Bonchev–Trinajstić information content (AvgIpc) is 2.34. The summed E-state index contributed by atoms with van der Waals surface area (Å²) in [6, 6.07) is 9.29. The monoisotopic (exact) mass is 246 g/mol. The highest BCUT2D eigenvalue weighted by Crippen LogP contribution is 2.17. The van der Waals surface area contributed by atoms with Gasteiger partial charge in [-0.1, -0.05) is 0 Å². The van der Waals surface area contributed by atoms with Crippen molar-refractivity contribution in [1.82, 2.24) is 4.98 Å². The molecule has 0 fully saturated rings. The first-order chi connectivity index (χ1) is 8.65. The number of anilines is 2. The normalized spacial score (nSPS) is 10.2. The van der Waals surface area contributed by atoms with E-state index < -0.39 is 6.09 Å². The van der Waals surface area contributed by atoms with E-state index in [0.717, 1.165) is 10.9 Å². The van der Waals surface area contributed by atoms with E-state index in [9.17, 15) is 4.79 Å². The molecule has 0 bridgehead atoms. The molecule has 0 aliphatic rings. The predicted octanol–water partition coefficient (Wildman–Crippen LogP) is 1.32. The van der Waals surface area contributed by atoms with E-state index in [1.165, 1.54) is 0 Å². The Morgan fingerprint density at radius 1 is 1.33 bits per heavy atom. The molecule has 1 amide bonds. The van der Waals surface area contributed by atoms with Crippen LogP contribution in [-0.4, -0.2) is 24.2 Å². The van der Waals surface area contributed by atoms with Crippen LogP contribution in [-0.2, 0) is 4.74 Å². The van der Waals surface area contributed by atoms with Crippen molar-refractivity contribution in [3.8, 4) is 0 Å². The Kier molecular flexibility index (Phi) is 3.47. The molecular formula is C12H14N4O2. The molecule has 0 saturated carbocycles. The van der Waals surface area contributed by atoms with Crippen molar-refractivity contribution in [3.05, 3.63) is 30.3 Å². The maximum Gasteiger partial charge on any atom is 0.404 e. The quantitative estimate of drug-likeness (QED) is 0.557. The largest absolute Gasteiger partial charge is 0.448 e. The van der Waals surface area contributed by atoms with Gasteiger partial charge in [-0.25, -0.2) is 9.78 Å². The summed E-state index contributed by atoms with van der Waals surface area (Å²) < 4.78 is 4.60. The van der Waals surface area contributed by atoms with Crippen LogP contribution in [0.25, 0.3) is 10.9 Å². The maximum atomic E-state index is 10.4. The van der Waals surface area contributed by atoms with Gasteiger partial charge in [0.25, 0.3) is 0 Å². The summed E-state index contributed by atoms with van der Waals surface area (Å²) in [6.45, 7) is 0.660. The van der Waals surface area contributed by atoms with Gasteiger partial charge in [-0.3, -0.25) is 0 Å². The first kappa shape index (κ1) is 12.0. The fraction of sp³-hybridized carbons (Fsp3) is 0.167. The third-order valence-electron chi connectivity index (χ3n) is 2.37. The zero-order valence-corrected chi connectivity index (χ0v) is 9.72. The van der Waals surface area contributed by atoms with E-state index in [-0.39, 0.29) is 6.61 Å². The second-order valence-electron chi connectivity index (χ2n) is 3.74. The van der Waals surface area contributed by atoms with Crippen LogP contribution in [0, 0.1) is 0 Å². The van der Waals surface area contributed by atoms with E-state index in [1.807, 2.05) is 24.3 Å². The minimum Gasteiger partial charge on any atom is -0.448 e. The number of carbonyl (C=O) groups is 1. The molecule has 0 atom stereocenters. The summed E-state index contributed by atoms with van der Waals surface area (Å²) in [4.78, 5) is 14.8. The number of primary amides is 1. The summed E-state index contributed by atoms with van der Waals surface area (Å²) in [5.74, 6) is 0.709. The van der Waals surface area contributed by atoms with Gasteiger partial charge in [-0.05, 0) is 30.3 Å². The topological polar surface area (TPSA) is 103 Å². The highest BCUT2D eigenvalue weighted by atomic mass is 16.5. The van der Waals surface area contributed by atoms with Gasteiger partial charge in [0, 0.05) is 11.1 Å². The molecule has 0 saturated heterocycles. The minimum absolute atomic E-state index is 0.205. The van der Waals surface area contributed by atoms with Crippen molar-refractivity contribution >= 4 is 28.5 Å². The lowest BCUT2D eigenvalue weighted by molar-refractivity contribution is 0.161. The smallest absolute Gasteiger partial charge is 0.404 e. The lowest BCUT2D eigenvalue weighted by Gasteiger charge is -2.06. The van der Waals surface area contributed by atoms with Crippen molar-refractivity contribution in [2.75, 3.05) is 24.2 Å². The molecule has 1 aromatic carbocycles. The molecule has 18 heavy (non-hydrogen) atoms. The van der Waals surface area contributed by atoms with Gasteiger partial charge in [0.2, 0.25) is 0 Å². The van der Waals surface area contributed by atoms with Gasteiger partial charge < -0.3 is 21.5 Å². The van der Waals surface area contributed by atoms with Crippen LogP contribution >= 0.6 is 0 Å². The van der Waals surface area contributed by atoms with Crippen LogP contribution in [0.15, 0.2) is 30.3 Å². The van der Waals surface area contributed by atoms with E-state index >= 15 is 0 Å². The minimum atomic E-state index is -0.779. The second-order valence-corrected chi connectivity index (χ2v) is 3.74. The van der Waals surface area contributed by atoms with Gasteiger partial charge in [-0.2, -0.15) is 0 Å². The van der Waals surface area contributed by atoms with Crippen LogP contribution in [0.3, 0.4) is 0 Å². The number of carbonyl (C=O) groups excluding carboxylic acids is 1. The number of nitrogen functional groups attached to an aromatic ring is 1. The van der Waals surface area contributed by atoms with E-state index in [1.54, 1.807) is 6.07 Å². The van der Waals surface area contributed by atoms with Crippen molar-refractivity contribution in [2.24, 2.45) is 5.73 Å². The van der Waals surface area contributed by atoms with Crippen LogP contribution in [0.5, 0.6) is 0 Å². The van der Waals surface area contributed by atoms with Crippen LogP contribution < -0.4 is 16.8 Å². The number of pyridine rings is 1. The standard InChI is InChI=1S/C12H14N4O2/c13-9-2-3-10-8(7-9)1-4-11(16-10)15-5-6-18-12(14)17/h1-4,7H,5-6,13H2,(H2,14,17)(H,15,16). The number of hydrogen-bond acceptors (Lipinski definition) is 5. The molecule has 0 spiro atoms. The number of nitrogens with two attached hydrogens (primary N) is 2. The summed E-state index contributed by atoms with van der Waals surface area (Å²) >= 11 is 0. The Morgan fingerprint density at radius 3 is 2.94 bits per heavy atom. The van der Waals surface area contributed by atoms with E-state index in [2.05, 4.69) is 15.0 Å². The second kappa shape index (κ2) is 5.22. The number of aromatic nitrogens is 1. The first-order valence-corrected chi connectivity index (χ1v) is 5.47. The van der Waals surface area contributed by atoms with Crippen LogP contribution in [0.1, 0.15) is 0 Å². The number of amides is 1. The lowest BCUT2D eigenvalue weighted by Crippen LogP contribution is -2.18. The van der Waals surface area contributed by atoms with Crippen molar-refractivity contribution in [2.45, 2.75) is 0 Å². The Balaban J connectivity index is 2.01. The third kappa shape index (κ3) is 3.00. The van der Waals surface area contributed by atoms with Crippen LogP contribution in [0.4, 0.5) is 16.3 Å². The maximum absolute atomic E-state index is 10.4. The number of nitrogens with zero attached hydrogens (tertiary/aromatic N) is 1. The molecule has 2 rings (SSSR count). The predicted molar refractivity (Wildman–Crippen MR) is 70.2 cm³/mol. The molecule has 94 valence electrons. The number of rotatable bonds is 4. The molecule has 6 nitrogen and oxygen atoms in total. The molecule has 0 radical (unpaired) electrons. The summed E-state index contributed by atoms with van der Waals surface area (Å²) in [5.41, 5.74) is 12.1. The Morgan fingerprint density at radius 2 is 2.17 bits per heavy atom. The highest BCUT2D eigenvalue weighted by molar-refractivity contribution is 5.83. The third-order valence-corrected chi connectivity index (χ3v) is 2.37. The first-order valence-electron chi connectivity index (χ1n) is 5.47. The molecule has 0 unspecified atom stereocenters. The van der Waals surface area contributed by atoms with Gasteiger partial charge in [0.15, 0.2) is 0 Å². The number of fused-ring (bicyclic) bond motifs is 1. The van der Waals surface area contributed by atoms with Crippen molar-refractivity contribution in [1.29, 1.82) is 0 Å². The Hall–Kier alpha value is -2.50. The van der Waals surface area contributed by atoms with Crippen LogP contribution in [0.2, 0.25) is 0 Å². The molecule has 5 N–H and O–H groups in total. The number of hydrogen-bond donors (Lipinski definition) is 3. The number of nitrogens with one attached hydrogen (secondary N) is 1. The molecule has 1 aromatic heterocycles. The molecule has 6 heteroatoms. The lowest BCUT2D eigenvalue weighted by atomic mass is 10.2. The van der Waals surface area contributed by atoms with Gasteiger partial charge in [0.05, 0.1) is 12.1 Å². The average molecular weight is 246 g/mol. The summed E-state index contributed by atoms with van der Waals surface area (Å²) in [6.07, 6.45) is -0.779. The fourth-order valence-corrected chi connectivity index (χ4v) is 1.57. The fourth-order valence-electron chi connectivity index (χ4n) is 1.57. The Labute approximate surface area is 104 Å². The van der Waals surface area contributed by atoms with Crippen molar-refractivity contribution < 1.29 is 9.53 Å². The van der Waals surface area contributed by atoms with Crippen molar-refractivity contribution in [3.63, 3.8) is 0 Å². The number of benzene rings is 1.